The molecule has 174 valence electrons. The Bertz CT molecular complexity index is 1330. The lowest BCUT2D eigenvalue weighted by atomic mass is 10.0. The van der Waals surface area contributed by atoms with E-state index < -0.39 is 20.6 Å². The van der Waals surface area contributed by atoms with Crippen molar-refractivity contribution in [1.82, 2.24) is 9.21 Å². The van der Waals surface area contributed by atoms with Crippen LogP contribution in [-0.2, 0) is 14.8 Å². The summed E-state index contributed by atoms with van der Waals surface area (Å²) in [6.45, 7) is 0.537. The highest BCUT2D eigenvalue weighted by atomic mass is 32.2. The summed E-state index contributed by atoms with van der Waals surface area (Å²) in [6.07, 6.45) is 3.22. The average Bonchev–Trinajstić information content (AvgIpc) is 2.88. The fraction of sp³-hybridized carbons (Fsp3) is 0.160. The quantitative estimate of drug-likeness (QED) is 0.305. The Morgan fingerprint density at radius 2 is 1.50 bits per heavy atom. The first-order chi connectivity index (χ1) is 16.4. The fourth-order valence-electron chi connectivity index (χ4n) is 3.84. The molecule has 8 nitrogen and oxygen atoms in total. The van der Waals surface area contributed by atoms with Gasteiger partial charge >= 0.3 is 0 Å². The number of carbonyl (C=O) groups is 1. The zero-order valence-corrected chi connectivity index (χ0v) is 19.1. The van der Waals surface area contributed by atoms with Gasteiger partial charge in [-0.15, -0.1) is 0 Å². The molecule has 1 aliphatic heterocycles. The zero-order chi connectivity index (χ0) is 24.1. The van der Waals surface area contributed by atoms with Gasteiger partial charge in [-0.05, 0) is 34.9 Å². The lowest BCUT2D eigenvalue weighted by Gasteiger charge is -2.33. The van der Waals surface area contributed by atoms with Crippen LogP contribution >= 0.6 is 0 Å². The lowest BCUT2D eigenvalue weighted by Crippen LogP contribution is -2.50. The molecular formula is C25H23N3O5S. The van der Waals surface area contributed by atoms with Gasteiger partial charge in [-0.2, -0.15) is 4.31 Å². The second-order valence-electron chi connectivity index (χ2n) is 7.78. The summed E-state index contributed by atoms with van der Waals surface area (Å²) in [7, 11) is -4.04. The summed E-state index contributed by atoms with van der Waals surface area (Å²) in [6, 6.07) is 23.1. The molecule has 1 amide bonds. The molecule has 9 heteroatoms. The maximum atomic E-state index is 13.0. The number of nitrogens with zero attached hydrogens (tertiary/aromatic N) is 3. The van der Waals surface area contributed by atoms with Gasteiger partial charge < -0.3 is 4.90 Å². The minimum absolute atomic E-state index is 0.0669. The molecular weight excluding hydrogens is 454 g/mol. The van der Waals surface area contributed by atoms with Gasteiger partial charge in [0.1, 0.15) is 0 Å². The number of carbonyl (C=O) groups excluding carboxylic acids is 1. The van der Waals surface area contributed by atoms with E-state index in [0.717, 1.165) is 16.7 Å². The lowest BCUT2D eigenvalue weighted by molar-refractivity contribution is -0.387. The van der Waals surface area contributed by atoms with E-state index in [1.807, 2.05) is 54.6 Å². The summed E-state index contributed by atoms with van der Waals surface area (Å²) in [4.78, 5) is 24.5. The number of sulfonamides is 1. The summed E-state index contributed by atoms with van der Waals surface area (Å²) >= 11 is 0. The molecule has 0 bridgehead atoms. The SMILES string of the molecule is O=C(/C=C/c1cccc(-c2ccccc2)c1)N1CCN(S(=O)(=O)c2ccccc2[N+](=O)[O-])CC1. The number of nitro groups is 1. The highest BCUT2D eigenvalue weighted by molar-refractivity contribution is 7.89. The Morgan fingerprint density at radius 1 is 0.853 bits per heavy atom. The maximum Gasteiger partial charge on any atom is 0.289 e. The third-order valence-corrected chi connectivity index (χ3v) is 7.59. The Labute approximate surface area is 197 Å². The van der Waals surface area contributed by atoms with E-state index >= 15 is 0 Å². The zero-order valence-electron chi connectivity index (χ0n) is 18.3. The Morgan fingerprint density at radius 3 is 2.21 bits per heavy atom. The van der Waals surface area contributed by atoms with Crippen LogP contribution < -0.4 is 0 Å². The largest absolute Gasteiger partial charge is 0.337 e. The molecule has 0 aromatic heterocycles. The molecule has 3 aromatic carbocycles. The standard InChI is InChI=1S/C25H23N3O5S/c29-25(14-13-20-7-6-10-22(19-20)21-8-2-1-3-9-21)26-15-17-27(18-16-26)34(32,33)24-12-5-4-11-23(24)28(30)31/h1-14,19H,15-18H2/b14-13+. The molecule has 0 unspecified atom stereocenters. The van der Waals surface area contributed by atoms with E-state index in [9.17, 15) is 23.3 Å². The molecule has 0 spiro atoms. The van der Waals surface area contributed by atoms with Crippen LogP contribution in [0.5, 0.6) is 0 Å². The molecule has 0 atom stereocenters. The van der Waals surface area contributed by atoms with Gasteiger partial charge in [0.05, 0.1) is 4.92 Å². The number of para-hydroxylation sites is 1. The van der Waals surface area contributed by atoms with Crippen LogP contribution in [0, 0.1) is 10.1 Å². The van der Waals surface area contributed by atoms with Crippen molar-refractivity contribution in [2.24, 2.45) is 0 Å². The van der Waals surface area contributed by atoms with Gasteiger partial charge in [0.25, 0.3) is 5.69 Å². The van der Waals surface area contributed by atoms with Crippen LogP contribution in [0.1, 0.15) is 5.56 Å². The molecule has 0 N–H and O–H groups in total. The second kappa shape index (κ2) is 9.98. The monoisotopic (exact) mass is 477 g/mol. The van der Waals surface area contributed by atoms with Crippen molar-refractivity contribution in [3.8, 4) is 11.1 Å². The minimum Gasteiger partial charge on any atom is -0.337 e. The first-order valence-electron chi connectivity index (χ1n) is 10.7. The number of rotatable bonds is 6. The van der Waals surface area contributed by atoms with E-state index in [1.165, 1.54) is 34.6 Å². The van der Waals surface area contributed by atoms with Crippen molar-refractivity contribution in [2.75, 3.05) is 26.2 Å². The molecule has 1 saturated heterocycles. The Hall–Kier alpha value is -3.82. The van der Waals surface area contributed by atoms with E-state index in [0.29, 0.717) is 0 Å². The molecule has 0 radical (unpaired) electrons. The molecule has 4 rings (SSSR count). The molecule has 1 heterocycles. The molecule has 1 fully saturated rings. The number of piperazine rings is 1. The van der Waals surface area contributed by atoms with Crippen LogP contribution in [-0.4, -0.2) is 54.6 Å². The van der Waals surface area contributed by atoms with E-state index in [-0.39, 0.29) is 37.0 Å². The third-order valence-electron chi connectivity index (χ3n) is 5.64. The van der Waals surface area contributed by atoms with E-state index in [4.69, 9.17) is 0 Å². The topological polar surface area (TPSA) is 101 Å². The van der Waals surface area contributed by atoms with Gasteiger partial charge in [0, 0.05) is 38.3 Å². The first-order valence-corrected chi connectivity index (χ1v) is 12.2. The number of amides is 1. The smallest absolute Gasteiger partial charge is 0.289 e. The van der Waals surface area contributed by atoms with Crippen molar-refractivity contribution in [1.29, 1.82) is 0 Å². The maximum absolute atomic E-state index is 13.0. The molecule has 3 aromatic rings. The first kappa shape index (κ1) is 23.3. The summed E-state index contributed by atoms with van der Waals surface area (Å²) in [5.74, 6) is -0.215. The van der Waals surface area contributed by atoms with Crippen LogP contribution in [0.4, 0.5) is 5.69 Å². The average molecular weight is 478 g/mol. The highest BCUT2D eigenvalue weighted by Gasteiger charge is 2.34. The van der Waals surface area contributed by atoms with E-state index in [2.05, 4.69) is 0 Å². The highest BCUT2D eigenvalue weighted by Crippen LogP contribution is 2.27. The summed E-state index contributed by atoms with van der Waals surface area (Å²) in [5, 5.41) is 11.2. The Balaban J connectivity index is 1.41. The van der Waals surface area contributed by atoms with Gasteiger partial charge in [-0.25, -0.2) is 8.42 Å². The second-order valence-corrected chi connectivity index (χ2v) is 9.69. The van der Waals surface area contributed by atoms with Gasteiger partial charge in [0.2, 0.25) is 15.9 Å². The van der Waals surface area contributed by atoms with Gasteiger partial charge in [-0.1, -0.05) is 60.7 Å². The minimum atomic E-state index is -4.04. The molecule has 0 aliphatic carbocycles. The fourth-order valence-corrected chi connectivity index (χ4v) is 5.42. The summed E-state index contributed by atoms with van der Waals surface area (Å²) in [5.41, 5.74) is 2.55. The normalized spacial score (nSPS) is 14.9. The van der Waals surface area contributed by atoms with Crippen molar-refractivity contribution in [3.63, 3.8) is 0 Å². The number of hydrogen-bond acceptors (Lipinski definition) is 5. The Kier molecular flexibility index (Phi) is 6.85. The van der Waals surface area contributed by atoms with Crippen LogP contribution in [0.2, 0.25) is 0 Å². The van der Waals surface area contributed by atoms with Gasteiger partial charge in [-0.3, -0.25) is 14.9 Å². The van der Waals surface area contributed by atoms with Crippen LogP contribution in [0.25, 0.3) is 17.2 Å². The number of nitro benzene ring substituents is 1. The molecule has 0 saturated carbocycles. The van der Waals surface area contributed by atoms with Crippen LogP contribution in [0.15, 0.2) is 89.8 Å². The molecule has 1 aliphatic rings. The predicted molar refractivity (Wildman–Crippen MR) is 129 cm³/mol. The summed E-state index contributed by atoms with van der Waals surface area (Å²) < 4.78 is 27.1. The van der Waals surface area contributed by atoms with Crippen molar-refractivity contribution < 1.29 is 18.1 Å². The van der Waals surface area contributed by atoms with Crippen LogP contribution in [0.3, 0.4) is 0 Å². The molecule has 34 heavy (non-hydrogen) atoms. The van der Waals surface area contributed by atoms with Crippen molar-refractivity contribution in [3.05, 3.63) is 101 Å². The van der Waals surface area contributed by atoms with Crippen molar-refractivity contribution >= 4 is 27.7 Å². The number of hydrogen-bond donors (Lipinski definition) is 0. The van der Waals surface area contributed by atoms with E-state index in [1.54, 1.807) is 11.0 Å². The third kappa shape index (κ3) is 5.05. The van der Waals surface area contributed by atoms with Gasteiger partial charge in [0.15, 0.2) is 4.90 Å². The van der Waals surface area contributed by atoms with Crippen molar-refractivity contribution in [2.45, 2.75) is 4.90 Å². The number of benzene rings is 3. The predicted octanol–water partition coefficient (Wildman–Crippen LogP) is 3.81.